The first-order chi connectivity index (χ1) is 9.13. The number of nitrogens with one attached hydrogen (secondary N) is 2. The van der Waals surface area contributed by atoms with E-state index < -0.39 is 0 Å². The molecule has 0 atom stereocenters. The molecule has 0 unspecified atom stereocenters. The first-order valence-electron chi connectivity index (χ1n) is 7.46. The van der Waals surface area contributed by atoms with Gasteiger partial charge in [0.25, 0.3) is 0 Å². The zero-order chi connectivity index (χ0) is 14.1. The molecule has 4 heteroatoms. The summed E-state index contributed by atoms with van der Waals surface area (Å²) in [5, 5.41) is 6.84. The van der Waals surface area contributed by atoms with Gasteiger partial charge in [0.05, 0.1) is 0 Å². The number of guanidine groups is 1. The zero-order valence-corrected chi connectivity index (χ0v) is 12.9. The third kappa shape index (κ3) is 6.62. The molecule has 0 amide bonds. The largest absolute Gasteiger partial charge is 0.356 e. The highest BCUT2D eigenvalue weighted by atomic mass is 15.2. The Kier molecular flexibility index (Phi) is 7.56. The number of nitrogens with zero attached hydrogens (tertiary/aromatic N) is 2. The minimum atomic E-state index is 0.526. The minimum absolute atomic E-state index is 0.526. The fraction of sp³-hybridized carbons (Fsp3) is 0.800. The van der Waals surface area contributed by atoms with Gasteiger partial charge in [-0.3, -0.25) is 4.99 Å². The molecule has 1 aliphatic carbocycles. The number of hydrogen-bond donors (Lipinski definition) is 2. The maximum absolute atomic E-state index is 4.27. The summed E-state index contributed by atoms with van der Waals surface area (Å²) in [5.74, 6) is 0.936. The third-order valence-electron chi connectivity index (χ3n) is 3.68. The van der Waals surface area contributed by atoms with Gasteiger partial charge >= 0.3 is 0 Å². The van der Waals surface area contributed by atoms with E-state index in [9.17, 15) is 0 Å². The molecule has 1 rings (SSSR count). The van der Waals surface area contributed by atoms with Crippen molar-refractivity contribution in [2.24, 2.45) is 4.99 Å². The molecule has 0 spiro atoms. The van der Waals surface area contributed by atoms with Gasteiger partial charge < -0.3 is 15.5 Å². The Hall–Kier alpha value is -1.03. The zero-order valence-electron chi connectivity index (χ0n) is 12.9. The standard InChI is InChI=1S/C15H30N4/c1-13(2)19(4)12-8-7-11-17-15(16-3)18-14-9-5-6-10-14/h5-6,13-14H,7-12H2,1-4H3,(H2,16,17,18). The molecular weight excluding hydrogens is 236 g/mol. The summed E-state index contributed by atoms with van der Waals surface area (Å²) >= 11 is 0. The highest BCUT2D eigenvalue weighted by molar-refractivity contribution is 5.80. The summed E-state index contributed by atoms with van der Waals surface area (Å²) in [4.78, 5) is 6.65. The summed E-state index contributed by atoms with van der Waals surface area (Å²) in [6, 6.07) is 1.16. The Labute approximate surface area is 118 Å². The van der Waals surface area contributed by atoms with Crippen molar-refractivity contribution in [3.63, 3.8) is 0 Å². The van der Waals surface area contributed by atoms with Crippen LogP contribution in [0.3, 0.4) is 0 Å². The van der Waals surface area contributed by atoms with Gasteiger partial charge in [0.1, 0.15) is 0 Å². The van der Waals surface area contributed by atoms with Gasteiger partial charge in [0.2, 0.25) is 0 Å². The van der Waals surface area contributed by atoms with Crippen LogP contribution in [0.15, 0.2) is 17.1 Å². The molecule has 2 N–H and O–H groups in total. The summed E-state index contributed by atoms with van der Waals surface area (Å²) in [6.45, 7) is 6.63. The summed E-state index contributed by atoms with van der Waals surface area (Å²) < 4.78 is 0. The maximum Gasteiger partial charge on any atom is 0.191 e. The lowest BCUT2D eigenvalue weighted by molar-refractivity contribution is 0.268. The van der Waals surface area contributed by atoms with E-state index in [0.29, 0.717) is 12.1 Å². The van der Waals surface area contributed by atoms with Crippen molar-refractivity contribution >= 4 is 5.96 Å². The molecule has 0 aliphatic heterocycles. The van der Waals surface area contributed by atoms with Gasteiger partial charge in [-0.1, -0.05) is 12.2 Å². The highest BCUT2D eigenvalue weighted by Gasteiger charge is 2.11. The summed E-state index contributed by atoms with van der Waals surface area (Å²) in [5.41, 5.74) is 0. The van der Waals surface area contributed by atoms with Gasteiger partial charge in [-0.25, -0.2) is 0 Å². The van der Waals surface area contributed by atoms with E-state index in [4.69, 9.17) is 0 Å². The second-order valence-corrected chi connectivity index (χ2v) is 5.56. The molecule has 0 aromatic carbocycles. The average molecular weight is 266 g/mol. The van der Waals surface area contributed by atoms with Crippen molar-refractivity contribution in [3.05, 3.63) is 12.2 Å². The van der Waals surface area contributed by atoms with Crippen LogP contribution in [-0.4, -0.2) is 50.1 Å². The van der Waals surface area contributed by atoms with Gasteiger partial charge in [-0.05, 0) is 53.1 Å². The number of rotatable bonds is 7. The smallest absolute Gasteiger partial charge is 0.191 e. The van der Waals surface area contributed by atoms with Crippen LogP contribution in [0.25, 0.3) is 0 Å². The summed E-state index contributed by atoms with van der Waals surface area (Å²) in [6.07, 6.45) is 9.09. The maximum atomic E-state index is 4.27. The van der Waals surface area contributed by atoms with Gasteiger partial charge in [0, 0.05) is 25.7 Å². The fourth-order valence-electron chi connectivity index (χ4n) is 2.07. The first kappa shape index (κ1) is 16.0. The molecule has 0 bridgehead atoms. The van der Waals surface area contributed by atoms with E-state index in [1.807, 2.05) is 7.05 Å². The Balaban J connectivity index is 2.06. The van der Waals surface area contributed by atoms with Gasteiger partial charge in [0.15, 0.2) is 5.96 Å². The third-order valence-corrected chi connectivity index (χ3v) is 3.68. The second kappa shape index (κ2) is 8.97. The molecule has 19 heavy (non-hydrogen) atoms. The Morgan fingerprint density at radius 1 is 1.32 bits per heavy atom. The van der Waals surface area contributed by atoms with Crippen molar-refractivity contribution in [1.82, 2.24) is 15.5 Å². The van der Waals surface area contributed by atoms with E-state index in [1.165, 1.54) is 12.8 Å². The van der Waals surface area contributed by atoms with Crippen molar-refractivity contribution < 1.29 is 0 Å². The van der Waals surface area contributed by atoms with E-state index in [2.05, 4.69) is 53.6 Å². The summed E-state index contributed by atoms with van der Waals surface area (Å²) in [7, 11) is 4.02. The van der Waals surface area contributed by atoms with Crippen LogP contribution in [0.1, 0.15) is 39.5 Å². The van der Waals surface area contributed by atoms with Crippen LogP contribution < -0.4 is 10.6 Å². The van der Waals surface area contributed by atoms with Crippen LogP contribution in [0, 0.1) is 0 Å². The first-order valence-corrected chi connectivity index (χ1v) is 7.46. The SMILES string of the molecule is CN=C(NCCCCN(C)C(C)C)NC1CC=CC1. The molecule has 1 aliphatic rings. The molecule has 110 valence electrons. The molecule has 0 fully saturated rings. The van der Waals surface area contributed by atoms with Gasteiger partial charge in [-0.15, -0.1) is 0 Å². The Morgan fingerprint density at radius 3 is 2.58 bits per heavy atom. The Bertz CT molecular complexity index is 289. The lowest BCUT2D eigenvalue weighted by Crippen LogP contribution is -2.42. The quantitative estimate of drug-likeness (QED) is 0.320. The van der Waals surface area contributed by atoms with Crippen LogP contribution in [0.4, 0.5) is 0 Å². The Morgan fingerprint density at radius 2 is 2.00 bits per heavy atom. The van der Waals surface area contributed by atoms with Crippen LogP contribution >= 0.6 is 0 Å². The number of unbranched alkanes of at least 4 members (excludes halogenated alkanes) is 1. The van der Waals surface area contributed by atoms with Crippen molar-refractivity contribution in [1.29, 1.82) is 0 Å². The molecule has 0 radical (unpaired) electrons. The van der Waals surface area contributed by atoms with Crippen molar-refractivity contribution in [2.75, 3.05) is 27.2 Å². The molecule has 0 saturated carbocycles. The lowest BCUT2D eigenvalue weighted by Gasteiger charge is -2.21. The second-order valence-electron chi connectivity index (χ2n) is 5.56. The molecule has 0 heterocycles. The van der Waals surface area contributed by atoms with Crippen LogP contribution in [0.5, 0.6) is 0 Å². The van der Waals surface area contributed by atoms with Crippen LogP contribution in [-0.2, 0) is 0 Å². The van der Waals surface area contributed by atoms with Crippen LogP contribution in [0.2, 0.25) is 0 Å². The van der Waals surface area contributed by atoms with Crippen molar-refractivity contribution in [2.45, 2.75) is 51.6 Å². The number of hydrogen-bond acceptors (Lipinski definition) is 2. The minimum Gasteiger partial charge on any atom is -0.356 e. The number of aliphatic imine (C=N–C) groups is 1. The topological polar surface area (TPSA) is 39.7 Å². The predicted molar refractivity (Wildman–Crippen MR) is 83.7 cm³/mol. The monoisotopic (exact) mass is 266 g/mol. The van der Waals surface area contributed by atoms with E-state index in [1.54, 1.807) is 0 Å². The van der Waals surface area contributed by atoms with E-state index >= 15 is 0 Å². The van der Waals surface area contributed by atoms with Gasteiger partial charge in [-0.2, -0.15) is 0 Å². The molecule has 0 saturated heterocycles. The fourth-order valence-corrected chi connectivity index (χ4v) is 2.07. The highest BCUT2D eigenvalue weighted by Crippen LogP contribution is 2.08. The molecule has 0 aromatic heterocycles. The lowest BCUT2D eigenvalue weighted by atomic mass is 10.2. The average Bonchev–Trinajstić information content (AvgIpc) is 2.89. The van der Waals surface area contributed by atoms with Crippen molar-refractivity contribution in [3.8, 4) is 0 Å². The van der Waals surface area contributed by atoms with E-state index in [-0.39, 0.29) is 0 Å². The molecular formula is C15H30N4. The normalized spacial score (nSPS) is 16.6. The predicted octanol–water partition coefficient (Wildman–Crippen LogP) is 1.99. The molecule has 0 aromatic rings. The molecule has 4 nitrogen and oxygen atoms in total. The van der Waals surface area contributed by atoms with E-state index in [0.717, 1.165) is 31.9 Å².